The van der Waals surface area contributed by atoms with E-state index in [1.54, 1.807) is 24.3 Å². The molecule has 284 valence electrons. The molecule has 2 aromatic heterocycles. The number of aryl methyl sites for hydroxylation is 1. The SMILES string of the molecule is CC(C)(C)c1ccccc1.COc1ccc2c(C3=C(c4c(-c5ccc(C(C)(C)C)cc5)oc5cc(OC)ccc45)C(F)(F)C(F)(F)C3(F)F)c(C)oc2c1. The van der Waals surface area contributed by atoms with Crippen LogP contribution >= 0.6 is 0 Å². The van der Waals surface area contributed by atoms with E-state index in [1.165, 1.54) is 63.1 Å². The number of allylic oxidation sites excluding steroid dienone is 2. The van der Waals surface area contributed by atoms with Crippen molar-refractivity contribution in [3.05, 3.63) is 119 Å². The van der Waals surface area contributed by atoms with Crippen molar-refractivity contribution in [2.24, 2.45) is 0 Å². The fraction of sp³-hybridized carbons (Fsp3) is 0.318. The summed E-state index contributed by atoms with van der Waals surface area (Å²) >= 11 is 0. The Balaban J connectivity index is 0.000000432. The topological polar surface area (TPSA) is 44.7 Å². The Hall–Kier alpha value is -5.12. The molecule has 0 spiro atoms. The summed E-state index contributed by atoms with van der Waals surface area (Å²) in [5, 5.41) is -0.108. The van der Waals surface area contributed by atoms with Gasteiger partial charge in [0.15, 0.2) is 0 Å². The van der Waals surface area contributed by atoms with Crippen molar-refractivity contribution in [1.29, 1.82) is 0 Å². The molecule has 7 rings (SSSR count). The second kappa shape index (κ2) is 13.3. The van der Waals surface area contributed by atoms with Crippen LogP contribution in [0.2, 0.25) is 0 Å². The lowest BCUT2D eigenvalue weighted by molar-refractivity contribution is -0.254. The molecule has 4 aromatic carbocycles. The average molecular weight is 749 g/mol. The first kappa shape index (κ1) is 38.6. The fourth-order valence-corrected chi connectivity index (χ4v) is 6.74. The Morgan fingerprint density at radius 3 is 1.44 bits per heavy atom. The highest BCUT2D eigenvalue weighted by atomic mass is 19.3. The minimum absolute atomic E-state index is 0.00561. The molecule has 2 heterocycles. The van der Waals surface area contributed by atoms with Crippen molar-refractivity contribution in [1.82, 2.24) is 0 Å². The van der Waals surface area contributed by atoms with E-state index < -0.39 is 40.0 Å². The average Bonchev–Trinajstić information content (AvgIpc) is 3.68. The summed E-state index contributed by atoms with van der Waals surface area (Å²) in [6.45, 7) is 13.9. The van der Waals surface area contributed by atoms with Gasteiger partial charge in [0.2, 0.25) is 0 Å². The molecule has 0 saturated heterocycles. The van der Waals surface area contributed by atoms with E-state index in [-0.39, 0.29) is 44.4 Å². The van der Waals surface area contributed by atoms with Gasteiger partial charge in [0.1, 0.15) is 34.2 Å². The Bertz CT molecular complexity index is 2350. The number of furan rings is 2. The summed E-state index contributed by atoms with van der Waals surface area (Å²) < 4.78 is 117. The van der Waals surface area contributed by atoms with E-state index in [0.29, 0.717) is 16.9 Å². The van der Waals surface area contributed by atoms with Crippen LogP contribution in [-0.2, 0) is 10.8 Å². The van der Waals surface area contributed by atoms with Crippen molar-refractivity contribution in [2.75, 3.05) is 14.2 Å². The predicted molar refractivity (Wildman–Crippen MR) is 201 cm³/mol. The Kier molecular flexibility index (Phi) is 9.52. The largest absolute Gasteiger partial charge is 0.497 e. The molecule has 0 radical (unpaired) electrons. The number of hydrogen-bond acceptors (Lipinski definition) is 4. The molecular formula is C44H42F6O4. The zero-order chi connectivity index (χ0) is 39.6. The van der Waals surface area contributed by atoms with Gasteiger partial charge in [0.05, 0.1) is 14.2 Å². The molecule has 0 amide bonds. The summed E-state index contributed by atoms with van der Waals surface area (Å²) in [6, 6.07) is 25.5. The maximum Gasteiger partial charge on any atom is 0.380 e. The van der Waals surface area contributed by atoms with Crippen LogP contribution in [0.15, 0.2) is 99.8 Å². The third-order valence-electron chi connectivity index (χ3n) is 9.79. The lowest BCUT2D eigenvalue weighted by Gasteiger charge is -2.25. The maximum absolute atomic E-state index is 16.1. The summed E-state index contributed by atoms with van der Waals surface area (Å²) in [5.41, 5.74) is -1.59. The molecule has 0 bridgehead atoms. The normalized spacial score (nSPS) is 16.4. The maximum atomic E-state index is 16.1. The van der Waals surface area contributed by atoms with E-state index in [9.17, 15) is 0 Å². The molecule has 0 fully saturated rings. The molecule has 0 N–H and O–H groups in total. The van der Waals surface area contributed by atoms with Crippen LogP contribution in [-0.4, -0.2) is 32.0 Å². The Morgan fingerprint density at radius 2 is 0.981 bits per heavy atom. The smallest absolute Gasteiger partial charge is 0.380 e. The summed E-state index contributed by atoms with van der Waals surface area (Å²) in [7, 11) is 2.76. The third kappa shape index (κ3) is 6.33. The van der Waals surface area contributed by atoms with Gasteiger partial charge in [0.25, 0.3) is 0 Å². The van der Waals surface area contributed by atoms with Gasteiger partial charge in [-0.05, 0) is 53.1 Å². The van der Waals surface area contributed by atoms with E-state index in [0.717, 1.165) is 5.56 Å². The van der Waals surface area contributed by atoms with Crippen LogP contribution < -0.4 is 9.47 Å². The first-order valence-electron chi connectivity index (χ1n) is 17.4. The van der Waals surface area contributed by atoms with Crippen LogP contribution in [0, 0.1) is 6.92 Å². The number of fused-ring (bicyclic) bond motifs is 2. The third-order valence-corrected chi connectivity index (χ3v) is 9.79. The van der Waals surface area contributed by atoms with Gasteiger partial charge in [-0.3, -0.25) is 0 Å². The number of rotatable bonds is 5. The van der Waals surface area contributed by atoms with Gasteiger partial charge in [-0.15, -0.1) is 0 Å². The number of halogens is 6. The molecule has 0 aliphatic heterocycles. The monoisotopic (exact) mass is 748 g/mol. The first-order chi connectivity index (χ1) is 25.1. The number of alkyl halides is 6. The summed E-state index contributed by atoms with van der Waals surface area (Å²) in [5.74, 6) is -16.3. The highest BCUT2D eigenvalue weighted by Crippen LogP contribution is 2.67. The van der Waals surface area contributed by atoms with Gasteiger partial charge in [-0.1, -0.05) is 96.1 Å². The molecule has 0 saturated carbocycles. The standard InChI is InChI=1S/C34H28F6O4.C10H14/c1-17-26(22-13-11-20(41-5)15-24(22)43-17)28-29(33(37,38)34(39,40)32(28,35)36)27-23-14-12-21(42-6)16-25(23)44-30(27)18-7-9-19(10-8-18)31(2,3)4;1-10(2,3)9-7-5-4-6-8-9/h7-16H,1-6H3;4-8H,1-3H3. The van der Waals surface area contributed by atoms with Crippen LogP contribution in [0.4, 0.5) is 26.3 Å². The van der Waals surface area contributed by atoms with Crippen LogP contribution in [0.1, 0.15) is 69.6 Å². The molecule has 10 heteroatoms. The fourth-order valence-electron chi connectivity index (χ4n) is 6.74. The van der Waals surface area contributed by atoms with E-state index in [1.807, 2.05) is 20.8 Å². The van der Waals surface area contributed by atoms with Crippen molar-refractivity contribution in [2.45, 2.75) is 77.1 Å². The van der Waals surface area contributed by atoms with Gasteiger partial charge in [-0.25, -0.2) is 0 Å². The highest BCUT2D eigenvalue weighted by molar-refractivity contribution is 6.13. The van der Waals surface area contributed by atoms with E-state index in [4.69, 9.17) is 18.3 Å². The van der Waals surface area contributed by atoms with Crippen molar-refractivity contribution in [3.63, 3.8) is 0 Å². The summed E-state index contributed by atoms with van der Waals surface area (Å²) in [6.07, 6.45) is 0. The molecule has 54 heavy (non-hydrogen) atoms. The number of methoxy groups -OCH3 is 2. The Labute approximate surface area is 310 Å². The highest BCUT2D eigenvalue weighted by Gasteiger charge is 2.81. The number of benzene rings is 4. The summed E-state index contributed by atoms with van der Waals surface area (Å²) in [4.78, 5) is 0. The van der Waals surface area contributed by atoms with Crippen LogP contribution in [0.5, 0.6) is 11.5 Å². The number of hydrogen-bond donors (Lipinski definition) is 0. The zero-order valence-electron chi connectivity index (χ0n) is 31.6. The van der Waals surface area contributed by atoms with Gasteiger partial charge in [-0.2, -0.15) is 26.3 Å². The van der Waals surface area contributed by atoms with Crippen molar-refractivity contribution >= 4 is 33.1 Å². The molecule has 0 atom stereocenters. The predicted octanol–water partition coefficient (Wildman–Crippen LogP) is 13.3. The van der Waals surface area contributed by atoms with E-state index >= 15 is 26.3 Å². The lowest BCUT2D eigenvalue weighted by atomic mass is 9.86. The van der Waals surface area contributed by atoms with Gasteiger partial charge < -0.3 is 18.3 Å². The number of ether oxygens (including phenoxy) is 2. The van der Waals surface area contributed by atoms with Crippen LogP contribution in [0.3, 0.4) is 0 Å². The Morgan fingerprint density at radius 1 is 0.537 bits per heavy atom. The molecule has 1 aliphatic carbocycles. The minimum Gasteiger partial charge on any atom is -0.497 e. The molecule has 6 aromatic rings. The van der Waals surface area contributed by atoms with Crippen molar-refractivity contribution < 1.29 is 44.7 Å². The lowest BCUT2D eigenvalue weighted by Crippen LogP contribution is -2.48. The minimum atomic E-state index is -5.78. The second-order valence-electron chi connectivity index (χ2n) is 15.5. The molecular weight excluding hydrogens is 706 g/mol. The molecule has 4 nitrogen and oxygen atoms in total. The van der Waals surface area contributed by atoms with Crippen LogP contribution in [0.25, 0.3) is 44.4 Å². The molecule has 1 aliphatic rings. The van der Waals surface area contributed by atoms with Gasteiger partial charge in [0, 0.05) is 50.7 Å². The van der Waals surface area contributed by atoms with Gasteiger partial charge >= 0.3 is 17.8 Å². The van der Waals surface area contributed by atoms with E-state index in [2.05, 4.69) is 51.1 Å². The first-order valence-corrected chi connectivity index (χ1v) is 17.4. The second-order valence-corrected chi connectivity index (χ2v) is 15.5. The quantitative estimate of drug-likeness (QED) is 0.165. The molecule has 0 unspecified atom stereocenters. The van der Waals surface area contributed by atoms with Crippen molar-refractivity contribution in [3.8, 4) is 22.8 Å². The zero-order valence-corrected chi connectivity index (χ0v) is 31.6.